The molecule has 0 spiro atoms. The maximum atomic E-state index is 9.97. The summed E-state index contributed by atoms with van der Waals surface area (Å²) >= 11 is 5.79. The Morgan fingerprint density at radius 3 is 2.61 bits per heavy atom. The standard InChI is InChI=1S/C15H19BrOS/c16-14-9-11(10-15(17)5-6-15)1-2-13(14)12-3-7-18-8-4-12/h1-2,9,12,17H,3-8,10H2. The molecule has 2 aliphatic rings. The van der Waals surface area contributed by atoms with Gasteiger partial charge in [-0.2, -0.15) is 11.8 Å². The van der Waals surface area contributed by atoms with Gasteiger partial charge in [0.15, 0.2) is 0 Å². The quantitative estimate of drug-likeness (QED) is 0.901. The number of rotatable bonds is 3. The molecule has 2 fully saturated rings. The molecule has 3 rings (SSSR count). The molecule has 0 bridgehead atoms. The minimum Gasteiger partial charge on any atom is -0.390 e. The number of hydrogen-bond acceptors (Lipinski definition) is 2. The van der Waals surface area contributed by atoms with E-state index in [0.717, 1.165) is 25.2 Å². The molecule has 0 amide bonds. The largest absolute Gasteiger partial charge is 0.390 e. The van der Waals surface area contributed by atoms with Crippen molar-refractivity contribution in [2.75, 3.05) is 11.5 Å². The summed E-state index contributed by atoms with van der Waals surface area (Å²) in [5, 5.41) is 9.97. The first-order valence-corrected chi connectivity index (χ1v) is 8.70. The minimum atomic E-state index is -0.386. The predicted molar refractivity (Wildman–Crippen MR) is 81.3 cm³/mol. The van der Waals surface area contributed by atoms with Crippen molar-refractivity contribution in [3.63, 3.8) is 0 Å². The van der Waals surface area contributed by atoms with Crippen molar-refractivity contribution in [3.8, 4) is 0 Å². The number of hydrogen-bond donors (Lipinski definition) is 1. The van der Waals surface area contributed by atoms with Gasteiger partial charge in [0.1, 0.15) is 0 Å². The first kappa shape index (κ1) is 13.0. The molecule has 98 valence electrons. The van der Waals surface area contributed by atoms with Crippen molar-refractivity contribution >= 4 is 27.7 Å². The zero-order valence-electron chi connectivity index (χ0n) is 10.5. The lowest BCUT2D eigenvalue weighted by Crippen LogP contribution is -2.12. The molecular weight excluding hydrogens is 308 g/mol. The van der Waals surface area contributed by atoms with Crippen LogP contribution in [-0.2, 0) is 6.42 Å². The minimum absolute atomic E-state index is 0.386. The van der Waals surface area contributed by atoms with Crippen LogP contribution in [-0.4, -0.2) is 22.2 Å². The average Bonchev–Trinajstić information content (AvgIpc) is 3.08. The summed E-state index contributed by atoms with van der Waals surface area (Å²) in [6.07, 6.45) is 5.34. The fourth-order valence-corrected chi connectivity index (χ4v) is 4.58. The molecule has 1 aliphatic heterocycles. The SMILES string of the molecule is OC1(Cc2ccc(C3CCSCC3)c(Br)c2)CC1. The van der Waals surface area contributed by atoms with Crippen LogP contribution in [0, 0.1) is 0 Å². The molecule has 0 aromatic heterocycles. The summed E-state index contributed by atoms with van der Waals surface area (Å²) in [6.45, 7) is 0. The maximum absolute atomic E-state index is 9.97. The molecule has 0 atom stereocenters. The van der Waals surface area contributed by atoms with Crippen LogP contribution < -0.4 is 0 Å². The average molecular weight is 327 g/mol. The van der Waals surface area contributed by atoms with Crippen LogP contribution in [0.5, 0.6) is 0 Å². The second-order valence-electron chi connectivity index (χ2n) is 5.64. The fraction of sp³-hybridized carbons (Fsp3) is 0.600. The van der Waals surface area contributed by atoms with Crippen molar-refractivity contribution < 1.29 is 5.11 Å². The molecule has 0 radical (unpaired) electrons. The van der Waals surface area contributed by atoms with Crippen LogP contribution in [0.4, 0.5) is 0 Å². The zero-order valence-corrected chi connectivity index (χ0v) is 12.9. The van der Waals surface area contributed by atoms with Crippen LogP contribution in [0.1, 0.15) is 42.7 Å². The van der Waals surface area contributed by atoms with Crippen molar-refractivity contribution in [2.24, 2.45) is 0 Å². The van der Waals surface area contributed by atoms with Gasteiger partial charge < -0.3 is 5.11 Å². The third kappa shape index (κ3) is 2.94. The van der Waals surface area contributed by atoms with Crippen molar-refractivity contribution in [1.82, 2.24) is 0 Å². The van der Waals surface area contributed by atoms with Gasteiger partial charge in [-0.3, -0.25) is 0 Å². The molecule has 1 saturated carbocycles. The van der Waals surface area contributed by atoms with Gasteiger partial charge in [0.2, 0.25) is 0 Å². The van der Waals surface area contributed by atoms with E-state index in [2.05, 4.69) is 45.9 Å². The van der Waals surface area contributed by atoms with Gasteiger partial charge in [-0.25, -0.2) is 0 Å². The maximum Gasteiger partial charge on any atom is 0.0690 e. The van der Waals surface area contributed by atoms with E-state index in [9.17, 15) is 5.11 Å². The molecule has 1 N–H and O–H groups in total. The Kier molecular flexibility index (Phi) is 3.75. The Labute approximate surface area is 121 Å². The highest BCUT2D eigenvalue weighted by atomic mass is 79.9. The van der Waals surface area contributed by atoms with E-state index in [1.165, 1.54) is 39.9 Å². The predicted octanol–water partition coefficient (Wildman–Crippen LogP) is 4.13. The van der Waals surface area contributed by atoms with Crippen LogP contribution in [0.15, 0.2) is 22.7 Å². The van der Waals surface area contributed by atoms with Gasteiger partial charge in [-0.15, -0.1) is 0 Å². The highest BCUT2D eigenvalue weighted by molar-refractivity contribution is 9.10. The molecule has 1 saturated heterocycles. The molecule has 1 aliphatic carbocycles. The summed E-state index contributed by atoms with van der Waals surface area (Å²) < 4.78 is 1.24. The third-order valence-electron chi connectivity index (χ3n) is 4.09. The van der Waals surface area contributed by atoms with E-state index >= 15 is 0 Å². The van der Waals surface area contributed by atoms with Gasteiger partial charge in [0, 0.05) is 10.9 Å². The highest BCUT2D eigenvalue weighted by Gasteiger charge is 2.40. The first-order valence-electron chi connectivity index (χ1n) is 6.75. The molecule has 1 aromatic rings. The summed E-state index contributed by atoms with van der Waals surface area (Å²) in [6, 6.07) is 6.69. The molecule has 18 heavy (non-hydrogen) atoms. The molecule has 1 heterocycles. The summed E-state index contributed by atoms with van der Waals surface area (Å²) in [4.78, 5) is 0. The van der Waals surface area contributed by atoms with Gasteiger partial charge in [0.05, 0.1) is 5.60 Å². The molecule has 1 nitrogen and oxygen atoms in total. The normalized spacial score (nSPS) is 23.0. The van der Waals surface area contributed by atoms with Crippen LogP contribution >= 0.6 is 27.7 Å². The summed E-state index contributed by atoms with van der Waals surface area (Å²) in [5.41, 5.74) is 2.33. The Morgan fingerprint density at radius 2 is 2.00 bits per heavy atom. The molecule has 1 aromatic carbocycles. The lowest BCUT2D eigenvalue weighted by atomic mass is 9.92. The van der Waals surface area contributed by atoms with Gasteiger partial charge in [0.25, 0.3) is 0 Å². The van der Waals surface area contributed by atoms with Crippen molar-refractivity contribution in [3.05, 3.63) is 33.8 Å². The topological polar surface area (TPSA) is 20.2 Å². The van der Waals surface area contributed by atoms with Gasteiger partial charge >= 0.3 is 0 Å². The van der Waals surface area contributed by atoms with Crippen LogP contribution in [0.2, 0.25) is 0 Å². The van der Waals surface area contributed by atoms with Gasteiger partial charge in [-0.05, 0) is 60.3 Å². The van der Waals surface area contributed by atoms with E-state index in [-0.39, 0.29) is 5.60 Å². The van der Waals surface area contributed by atoms with Crippen molar-refractivity contribution in [1.29, 1.82) is 0 Å². The van der Waals surface area contributed by atoms with E-state index in [1.54, 1.807) is 0 Å². The Morgan fingerprint density at radius 1 is 1.28 bits per heavy atom. The number of thioether (sulfide) groups is 1. The fourth-order valence-electron chi connectivity index (χ4n) is 2.72. The number of aliphatic hydroxyl groups is 1. The smallest absolute Gasteiger partial charge is 0.0690 e. The molecule has 3 heteroatoms. The molecular formula is C15H19BrOS. The first-order chi connectivity index (χ1) is 8.66. The second-order valence-corrected chi connectivity index (χ2v) is 7.72. The van der Waals surface area contributed by atoms with E-state index < -0.39 is 0 Å². The number of halogens is 1. The van der Waals surface area contributed by atoms with E-state index in [4.69, 9.17) is 0 Å². The lowest BCUT2D eigenvalue weighted by Gasteiger charge is -2.23. The molecule has 0 unspecified atom stereocenters. The zero-order chi connectivity index (χ0) is 12.6. The summed E-state index contributed by atoms with van der Waals surface area (Å²) in [7, 11) is 0. The van der Waals surface area contributed by atoms with Crippen LogP contribution in [0.3, 0.4) is 0 Å². The second kappa shape index (κ2) is 5.18. The number of benzene rings is 1. The van der Waals surface area contributed by atoms with E-state index in [1.807, 2.05) is 0 Å². The Balaban J connectivity index is 1.75. The van der Waals surface area contributed by atoms with E-state index in [0.29, 0.717) is 0 Å². The van der Waals surface area contributed by atoms with Crippen molar-refractivity contribution in [2.45, 2.75) is 43.6 Å². The summed E-state index contributed by atoms with van der Waals surface area (Å²) in [5.74, 6) is 3.30. The third-order valence-corrected chi connectivity index (χ3v) is 5.82. The Hall–Kier alpha value is 0.01000. The Bertz CT molecular complexity index is 436. The van der Waals surface area contributed by atoms with Crippen LogP contribution in [0.25, 0.3) is 0 Å². The highest BCUT2D eigenvalue weighted by Crippen LogP contribution is 2.40. The lowest BCUT2D eigenvalue weighted by molar-refractivity contribution is 0.151. The van der Waals surface area contributed by atoms with Gasteiger partial charge in [-0.1, -0.05) is 28.1 Å². The monoisotopic (exact) mass is 326 g/mol.